The summed E-state index contributed by atoms with van der Waals surface area (Å²) in [6, 6.07) is 3.43. The Morgan fingerprint density at radius 3 is 2.65 bits per heavy atom. The van der Waals surface area contributed by atoms with Crippen molar-refractivity contribution in [2.45, 2.75) is 29.1 Å². The molecule has 0 aromatic heterocycles. The zero-order valence-electron chi connectivity index (χ0n) is 12.0. The third-order valence-electron chi connectivity index (χ3n) is 3.70. The van der Waals surface area contributed by atoms with Gasteiger partial charge in [-0.3, -0.25) is 4.79 Å². The van der Waals surface area contributed by atoms with Crippen LogP contribution in [0.15, 0.2) is 18.2 Å². The Balaban J connectivity index is 2.50. The summed E-state index contributed by atoms with van der Waals surface area (Å²) in [7, 11) is 1.22. The molecule has 1 unspecified atom stereocenters. The minimum atomic E-state index is -4.64. The molecule has 1 heterocycles. The predicted molar refractivity (Wildman–Crippen MR) is 82.2 cm³/mol. The summed E-state index contributed by atoms with van der Waals surface area (Å²) in [6.45, 7) is -0.479. The number of nitrogens with zero attached hydrogens (tertiary/aromatic N) is 1. The lowest BCUT2D eigenvalue weighted by molar-refractivity contribution is -0.148. The number of carboxylic acids is 1. The largest absolute Gasteiger partial charge is 0.496 e. The molecule has 0 bridgehead atoms. The highest BCUT2D eigenvalue weighted by Gasteiger charge is 2.50. The van der Waals surface area contributed by atoms with Crippen LogP contribution in [0.5, 0.6) is 5.75 Å². The van der Waals surface area contributed by atoms with Crippen LogP contribution >= 0.6 is 22.6 Å². The normalized spacial score (nSPS) is 21.6. The van der Waals surface area contributed by atoms with E-state index in [1.165, 1.54) is 19.2 Å². The highest BCUT2D eigenvalue weighted by atomic mass is 127. The lowest BCUT2D eigenvalue weighted by atomic mass is 10.0. The second-order valence-corrected chi connectivity index (χ2v) is 6.81. The zero-order valence-corrected chi connectivity index (χ0v) is 14.1. The van der Waals surface area contributed by atoms with Crippen LogP contribution < -0.4 is 4.74 Å². The third-order valence-corrected chi connectivity index (χ3v) is 5.28. The molecule has 1 aromatic rings. The van der Waals surface area contributed by atoms with E-state index in [1.807, 2.05) is 0 Å². The van der Waals surface area contributed by atoms with Crippen LogP contribution in [0.2, 0.25) is 0 Å². The van der Waals surface area contributed by atoms with Crippen molar-refractivity contribution in [2.75, 3.05) is 7.11 Å². The van der Waals surface area contributed by atoms with Crippen molar-refractivity contribution in [3.8, 4) is 5.75 Å². The maximum atomic E-state index is 13.2. The van der Waals surface area contributed by atoms with E-state index in [-0.39, 0.29) is 24.2 Å². The summed E-state index contributed by atoms with van der Waals surface area (Å²) in [4.78, 5) is 24.4. The Labute approximate surface area is 143 Å². The molecule has 1 amide bonds. The van der Waals surface area contributed by atoms with Crippen LogP contribution in [0, 0.1) is 0 Å². The molecular weight excluding hydrogens is 430 g/mol. The summed E-state index contributed by atoms with van der Waals surface area (Å²) >= 11 is 1.60. The van der Waals surface area contributed by atoms with Crippen molar-refractivity contribution < 1.29 is 32.6 Å². The molecule has 1 aliphatic heterocycles. The second-order valence-electron chi connectivity index (χ2n) is 5.03. The van der Waals surface area contributed by atoms with Crippen molar-refractivity contribution in [1.29, 1.82) is 0 Å². The number of aliphatic carboxylic acids is 1. The van der Waals surface area contributed by atoms with E-state index in [2.05, 4.69) is 0 Å². The summed E-state index contributed by atoms with van der Waals surface area (Å²) in [5, 5.41) is 9.34. The van der Waals surface area contributed by atoms with Gasteiger partial charge in [0.05, 0.1) is 19.2 Å². The standard InChI is InChI=1S/C14H13F3INO4/c1-23-10-4-2-3-9(14(15,16)17)8(10)7-19-11(20)5-6-13(19,18)12(21)22/h2-4H,5-7H2,1H3,(H,21,22). The van der Waals surface area contributed by atoms with E-state index >= 15 is 0 Å². The second kappa shape index (κ2) is 6.17. The van der Waals surface area contributed by atoms with Crippen molar-refractivity contribution in [1.82, 2.24) is 4.90 Å². The molecular formula is C14H13F3INO4. The molecule has 5 nitrogen and oxygen atoms in total. The Morgan fingerprint density at radius 1 is 1.48 bits per heavy atom. The van der Waals surface area contributed by atoms with Gasteiger partial charge in [-0.1, -0.05) is 6.07 Å². The Bertz CT molecular complexity index is 649. The minimum Gasteiger partial charge on any atom is -0.496 e. The number of halogens is 4. The summed E-state index contributed by atoms with van der Waals surface area (Å²) in [5.41, 5.74) is -1.19. The van der Waals surface area contributed by atoms with E-state index in [9.17, 15) is 27.9 Å². The molecule has 1 saturated heterocycles. The van der Waals surface area contributed by atoms with Gasteiger partial charge in [0.25, 0.3) is 0 Å². The van der Waals surface area contributed by atoms with Gasteiger partial charge in [0, 0.05) is 12.0 Å². The Kier molecular flexibility index (Phi) is 4.79. The van der Waals surface area contributed by atoms with Crippen LogP contribution in [0.4, 0.5) is 13.2 Å². The molecule has 0 aliphatic carbocycles. The number of carbonyl (C=O) groups excluding carboxylic acids is 1. The molecule has 1 fully saturated rings. The summed E-state index contributed by atoms with van der Waals surface area (Å²) in [6.07, 6.45) is -4.62. The van der Waals surface area contributed by atoms with E-state index in [0.717, 1.165) is 11.0 Å². The number of benzene rings is 1. The van der Waals surface area contributed by atoms with Crippen LogP contribution in [-0.2, 0) is 22.3 Å². The van der Waals surface area contributed by atoms with E-state index in [4.69, 9.17) is 4.74 Å². The number of ether oxygens (including phenoxy) is 1. The number of amides is 1. The van der Waals surface area contributed by atoms with Crippen molar-refractivity contribution >= 4 is 34.5 Å². The van der Waals surface area contributed by atoms with Gasteiger partial charge in [0.2, 0.25) is 5.91 Å². The predicted octanol–water partition coefficient (Wildman–Crippen LogP) is 3.05. The van der Waals surface area contributed by atoms with Crippen LogP contribution in [-0.4, -0.2) is 32.5 Å². The first-order valence-electron chi connectivity index (χ1n) is 6.57. The number of hydrogen-bond donors (Lipinski definition) is 1. The topological polar surface area (TPSA) is 66.8 Å². The maximum Gasteiger partial charge on any atom is 0.416 e. The van der Waals surface area contributed by atoms with Crippen LogP contribution in [0.1, 0.15) is 24.0 Å². The van der Waals surface area contributed by atoms with Crippen molar-refractivity contribution in [2.24, 2.45) is 0 Å². The van der Waals surface area contributed by atoms with Crippen molar-refractivity contribution in [3.05, 3.63) is 29.3 Å². The fourth-order valence-corrected chi connectivity index (χ4v) is 3.23. The fraction of sp³-hybridized carbons (Fsp3) is 0.429. The molecule has 1 atom stereocenters. The molecule has 1 aromatic carbocycles. The van der Waals surface area contributed by atoms with E-state index in [0.29, 0.717) is 0 Å². The van der Waals surface area contributed by atoms with E-state index < -0.39 is 33.7 Å². The monoisotopic (exact) mass is 443 g/mol. The number of alkyl halides is 4. The van der Waals surface area contributed by atoms with Gasteiger partial charge in [-0.05, 0) is 41.1 Å². The minimum absolute atomic E-state index is 0.0221. The number of carboxylic acid groups (broad SMARTS) is 1. The first kappa shape index (κ1) is 17.8. The average Bonchev–Trinajstić information content (AvgIpc) is 2.76. The Morgan fingerprint density at radius 2 is 2.13 bits per heavy atom. The first-order chi connectivity index (χ1) is 10.6. The highest BCUT2D eigenvalue weighted by molar-refractivity contribution is 14.1. The van der Waals surface area contributed by atoms with Gasteiger partial charge in [-0.15, -0.1) is 0 Å². The molecule has 2 rings (SSSR count). The van der Waals surface area contributed by atoms with Gasteiger partial charge in [-0.25, -0.2) is 4.79 Å². The fourth-order valence-electron chi connectivity index (χ4n) is 2.52. The summed E-state index contributed by atoms with van der Waals surface area (Å²) < 4.78 is 43.0. The molecule has 1 N–H and O–H groups in total. The van der Waals surface area contributed by atoms with Crippen LogP contribution in [0.3, 0.4) is 0 Å². The van der Waals surface area contributed by atoms with Crippen LogP contribution in [0.25, 0.3) is 0 Å². The maximum absolute atomic E-state index is 13.2. The van der Waals surface area contributed by atoms with Gasteiger partial charge >= 0.3 is 12.1 Å². The number of methoxy groups -OCH3 is 1. The van der Waals surface area contributed by atoms with E-state index in [1.54, 1.807) is 22.6 Å². The molecule has 126 valence electrons. The molecule has 0 spiro atoms. The van der Waals surface area contributed by atoms with Gasteiger partial charge in [0.15, 0.2) is 3.55 Å². The quantitative estimate of drug-likeness (QED) is 0.442. The lowest BCUT2D eigenvalue weighted by Crippen LogP contribution is -2.46. The zero-order chi connectivity index (χ0) is 17.4. The molecule has 9 heteroatoms. The van der Waals surface area contributed by atoms with Gasteiger partial charge in [-0.2, -0.15) is 13.2 Å². The van der Waals surface area contributed by atoms with Gasteiger partial charge < -0.3 is 14.7 Å². The SMILES string of the molecule is COc1cccc(C(F)(F)F)c1CN1C(=O)CCC1(I)C(=O)O. The molecule has 23 heavy (non-hydrogen) atoms. The highest BCUT2D eigenvalue weighted by Crippen LogP contribution is 2.42. The number of carbonyl (C=O) groups is 2. The van der Waals surface area contributed by atoms with Crippen molar-refractivity contribution in [3.63, 3.8) is 0 Å². The molecule has 1 aliphatic rings. The average molecular weight is 443 g/mol. The Hall–Kier alpha value is -1.52. The van der Waals surface area contributed by atoms with Gasteiger partial charge in [0.1, 0.15) is 5.75 Å². The molecule has 0 radical (unpaired) electrons. The first-order valence-corrected chi connectivity index (χ1v) is 7.65. The number of likely N-dealkylation sites (tertiary alicyclic amines) is 1. The number of hydrogen-bond acceptors (Lipinski definition) is 3. The molecule has 0 saturated carbocycles. The lowest BCUT2D eigenvalue weighted by Gasteiger charge is -2.31. The third kappa shape index (κ3) is 3.24. The number of rotatable bonds is 4. The summed E-state index contributed by atoms with van der Waals surface area (Å²) in [5.74, 6) is -1.79. The smallest absolute Gasteiger partial charge is 0.416 e.